The van der Waals surface area contributed by atoms with E-state index in [2.05, 4.69) is 16.1 Å². The number of thioether (sulfide) groups is 2. The van der Waals surface area contributed by atoms with Gasteiger partial charge < -0.3 is 15.0 Å². The summed E-state index contributed by atoms with van der Waals surface area (Å²) in [4.78, 5) is 21.7. The summed E-state index contributed by atoms with van der Waals surface area (Å²) in [6.07, 6.45) is -4.11. The number of nitrogens with one attached hydrogen (secondary N) is 1. The molecule has 7 nitrogen and oxygen atoms in total. The lowest BCUT2D eigenvalue weighted by atomic mass is 10.2. The van der Waals surface area contributed by atoms with E-state index < -0.39 is 6.36 Å². The number of allylic oxidation sites excluding steroid dienone is 1. The van der Waals surface area contributed by atoms with Crippen LogP contribution < -0.4 is 15.0 Å². The summed E-state index contributed by atoms with van der Waals surface area (Å²) in [6, 6.07) is 20.8. The highest BCUT2D eigenvalue weighted by Gasteiger charge is 2.31. The van der Waals surface area contributed by atoms with E-state index in [1.807, 2.05) is 44.2 Å². The van der Waals surface area contributed by atoms with Gasteiger partial charge in [-0.3, -0.25) is 9.69 Å². The van der Waals surface area contributed by atoms with E-state index in [4.69, 9.17) is 4.99 Å². The molecule has 0 aliphatic carbocycles. The second-order valence-electron chi connectivity index (χ2n) is 9.01. The first-order valence-electron chi connectivity index (χ1n) is 12.7. The average Bonchev–Trinajstić information content (AvgIpc) is 2.95. The number of carbonyl (C=O) groups excluding carboxylic acids is 1. The predicted molar refractivity (Wildman–Crippen MR) is 165 cm³/mol. The second kappa shape index (κ2) is 15.2. The first kappa shape index (κ1) is 32.4. The van der Waals surface area contributed by atoms with Gasteiger partial charge in [-0.2, -0.15) is 5.26 Å². The largest absolute Gasteiger partial charge is 0.573 e. The summed E-state index contributed by atoms with van der Waals surface area (Å²) in [5, 5.41) is 14.8. The van der Waals surface area contributed by atoms with Gasteiger partial charge in [0.1, 0.15) is 5.75 Å². The van der Waals surface area contributed by atoms with Gasteiger partial charge in [0.15, 0.2) is 5.17 Å². The van der Waals surface area contributed by atoms with E-state index >= 15 is 0 Å². The molecular formula is C30H30F3N5O2S2. The van der Waals surface area contributed by atoms with Crippen molar-refractivity contribution in [1.29, 1.82) is 5.26 Å². The number of hydrogen-bond acceptors (Lipinski definition) is 8. The van der Waals surface area contributed by atoms with Crippen molar-refractivity contribution < 1.29 is 22.7 Å². The highest BCUT2D eigenvalue weighted by molar-refractivity contribution is 8.17. The van der Waals surface area contributed by atoms with E-state index in [0.717, 1.165) is 10.5 Å². The Morgan fingerprint density at radius 2 is 1.86 bits per heavy atom. The molecule has 0 atom stereocenters. The van der Waals surface area contributed by atoms with Crippen molar-refractivity contribution in [2.45, 2.75) is 31.7 Å². The summed E-state index contributed by atoms with van der Waals surface area (Å²) in [5.74, 6) is -0.320. The number of hydrogen-bond donors (Lipinski definition) is 1. The first-order valence-corrected chi connectivity index (χ1v) is 14.4. The van der Waals surface area contributed by atoms with Gasteiger partial charge in [0, 0.05) is 25.5 Å². The third-order valence-corrected chi connectivity index (χ3v) is 7.68. The number of halogens is 3. The van der Waals surface area contributed by atoms with Crippen molar-refractivity contribution in [2.75, 3.05) is 30.9 Å². The number of nitriles is 1. The standard InChI is InChI=1S/C30H30F3N5O2S2/c1-5-35-25-13-11-23(17-34)15-26(25)36-29(38(20-39)18-22-9-7-6-8-10-22)42-21(2)19-41-28-16-24(40-30(31,32)33)12-14-27(28)37(3)4/h6-16,19-20,35H,5,18H2,1-4H3/b21-19-,36-29?. The maximum Gasteiger partial charge on any atom is 0.573 e. The number of amides is 1. The van der Waals surface area contributed by atoms with Crippen LogP contribution in [0.3, 0.4) is 0 Å². The topological polar surface area (TPSA) is 81.0 Å². The number of amidine groups is 1. The van der Waals surface area contributed by atoms with Crippen LogP contribution in [0, 0.1) is 11.3 Å². The zero-order valence-corrected chi connectivity index (χ0v) is 25.1. The molecule has 0 spiro atoms. The molecule has 0 aliphatic heterocycles. The monoisotopic (exact) mass is 613 g/mol. The molecule has 220 valence electrons. The maximum absolute atomic E-state index is 12.8. The molecule has 42 heavy (non-hydrogen) atoms. The van der Waals surface area contributed by atoms with Gasteiger partial charge >= 0.3 is 6.36 Å². The summed E-state index contributed by atoms with van der Waals surface area (Å²) >= 11 is 2.45. The third-order valence-electron chi connectivity index (χ3n) is 5.53. The minimum atomic E-state index is -4.81. The van der Waals surface area contributed by atoms with E-state index in [9.17, 15) is 23.2 Å². The van der Waals surface area contributed by atoms with Crippen LogP contribution in [0.5, 0.6) is 5.75 Å². The van der Waals surface area contributed by atoms with Gasteiger partial charge in [-0.05, 0) is 66.1 Å². The van der Waals surface area contributed by atoms with Crippen LogP contribution in [-0.4, -0.2) is 43.5 Å². The maximum atomic E-state index is 12.8. The van der Waals surface area contributed by atoms with Crippen LogP contribution in [0.2, 0.25) is 0 Å². The van der Waals surface area contributed by atoms with E-state index in [0.29, 0.717) is 45.6 Å². The molecule has 3 rings (SSSR count). The van der Waals surface area contributed by atoms with Crippen LogP contribution >= 0.6 is 23.5 Å². The number of anilines is 2. The smallest absolute Gasteiger partial charge is 0.406 e. The molecule has 0 saturated carbocycles. The fourth-order valence-corrected chi connectivity index (χ4v) is 5.52. The SMILES string of the molecule is CCNc1ccc(C#N)cc1N=C(S/C(C)=C\Sc1cc(OC(F)(F)F)ccc1N(C)C)N(C=O)Cc1ccccc1. The molecule has 0 aromatic heterocycles. The average molecular weight is 614 g/mol. The molecule has 0 fully saturated rings. The lowest BCUT2D eigenvalue weighted by Gasteiger charge is -2.21. The molecule has 0 radical (unpaired) electrons. The Hall–Kier alpha value is -4.08. The molecule has 3 aromatic rings. The fourth-order valence-electron chi connectivity index (χ4n) is 3.68. The van der Waals surface area contributed by atoms with Crippen molar-refractivity contribution in [2.24, 2.45) is 4.99 Å². The van der Waals surface area contributed by atoms with Crippen LogP contribution in [0.25, 0.3) is 0 Å². The molecule has 12 heteroatoms. The van der Waals surface area contributed by atoms with Gasteiger partial charge in [-0.25, -0.2) is 4.99 Å². The number of nitrogens with zero attached hydrogens (tertiary/aromatic N) is 4. The van der Waals surface area contributed by atoms with Crippen molar-refractivity contribution >= 4 is 52.2 Å². The number of ether oxygens (including phenoxy) is 1. The minimum Gasteiger partial charge on any atom is -0.406 e. The molecule has 0 heterocycles. The number of rotatable bonds is 11. The van der Waals surface area contributed by atoms with E-state index in [1.165, 1.54) is 40.6 Å². The van der Waals surface area contributed by atoms with Crippen LogP contribution in [0.15, 0.2) is 86.9 Å². The lowest BCUT2D eigenvalue weighted by molar-refractivity contribution is -0.274. The number of benzene rings is 3. The third kappa shape index (κ3) is 9.78. The first-order chi connectivity index (χ1) is 20.0. The minimum absolute atomic E-state index is 0.257. The number of carbonyl (C=O) groups is 1. The summed E-state index contributed by atoms with van der Waals surface area (Å²) < 4.78 is 42.6. The Bertz CT molecular complexity index is 1470. The Labute approximate surface area is 252 Å². The predicted octanol–water partition coefficient (Wildman–Crippen LogP) is 7.99. The molecule has 1 amide bonds. The lowest BCUT2D eigenvalue weighted by Crippen LogP contribution is -2.26. The molecule has 0 bridgehead atoms. The van der Waals surface area contributed by atoms with Gasteiger partial charge in [-0.15, -0.1) is 13.2 Å². The summed E-state index contributed by atoms with van der Waals surface area (Å²) in [6.45, 7) is 4.64. The molecule has 1 N–H and O–H groups in total. The van der Waals surface area contributed by atoms with Gasteiger partial charge in [0.05, 0.1) is 35.2 Å². The summed E-state index contributed by atoms with van der Waals surface area (Å²) in [7, 11) is 3.59. The quantitative estimate of drug-likeness (QED) is 0.102. The van der Waals surface area contributed by atoms with E-state index in [-0.39, 0.29) is 12.3 Å². The normalized spacial score (nSPS) is 12.0. The fraction of sp³-hybridized carbons (Fsp3) is 0.233. The van der Waals surface area contributed by atoms with Crippen molar-refractivity contribution in [1.82, 2.24) is 4.90 Å². The molecule has 0 saturated heterocycles. The number of alkyl halides is 3. The molecule has 0 aliphatic rings. The Balaban J connectivity index is 2.00. The van der Waals surface area contributed by atoms with Crippen LogP contribution in [-0.2, 0) is 11.3 Å². The highest BCUT2D eigenvalue weighted by atomic mass is 32.2. The van der Waals surface area contributed by atoms with Crippen molar-refractivity contribution in [3.8, 4) is 11.8 Å². The van der Waals surface area contributed by atoms with Crippen LogP contribution in [0.1, 0.15) is 25.0 Å². The Kier molecular flexibility index (Phi) is 11.8. The van der Waals surface area contributed by atoms with Crippen molar-refractivity contribution in [3.05, 3.63) is 88.2 Å². The van der Waals surface area contributed by atoms with Gasteiger partial charge in [0.25, 0.3) is 0 Å². The van der Waals surface area contributed by atoms with Crippen molar-refractivity contribution in [3.63, 3.8) is 0 Å². The van der Waals surface area contributed by atoms with Crippen LogP contribution in [0.4, 0.5) is 30.2 Å². The number of aliphatic imine (C=N–C) groups is 1. The summed E-state index contributed by atoms with van der Waals surface area (Å²) in [5.41, 5.74) is 3.21. The van der Waals surface area contributed by atoms with E-state index in [1.54, 1.807) is 48.7 Å². The van der Waals surface area contributed by atoms with Gasteiger partial charge in [-0.1, -0.05) is 53.9 Å². The Morgan fingerprint density at radius 3 is 2.48 bits per heavy atom. The zero-order chi connectivity index (χ0) is 30.7. The molecule has 0 unspecified atom stereocenters. The Morgan fingerprint density at radius 1 is 1.12 bits per heavy atom. The second-order valence-corrected chi connectivity index (χ2v) is 11.1. The zero-order valence-electron chi connectivity index (χ0n) is 23.5. The molecular weight excluding hydrogens is 583 g/mol. The molecule has 3 aromatic carbocycles. The van der Waals surface area contributed by atoms with Gasteiger partial charge in [0.2, 0.25) is 6.41 Å². The highest BCUT2D eigenvalue weighted by Crippen LogP contribution is 2.37.